The summed E-state index contributed by atoms with van der Waals surface area (Å²) in [7, 11) is 0. The maximum Gasteiger partial charge on any atom is 0.330 e. The summed E-state index contributed by atoms with van der Waals surface area (Å²) in [4.78, 5) is 10.9. The first-order valence-electron chi connectivity index (χ1n) is 4.41. The predicted molar refractivity (Wildman–Crippen MR) is 47.7 cm³/mol. The molecule has 1 rings (SSSR count). The predicted octanol–water partition coefficient (Wildman–Crippen LogP) is 2.15. The molecule has 0 saturated heterocycles. The SMILES string of the molecule is CCOC(=O)/C=C\C1CC1(C)C. The molecular weight excluding hydrogens is 152 g/mol. The zero-order valence-corrected chi connectivity index (χ0v) is 7.96. The molecule has 1 aliphatic carbocycles. The molecule has 0 amide bonds. The van der Waals surface area contributed by atoms with Gasteiger partial charge >= 0.3 is 5.97 Å². The van der Waals surface area contributed by atoms with Gasteiger partial charge in [0.05, 0.1) is 6.61 Å². The van der Waals surface area contributed by atoms with Gasteiger partial charge in [0, 0.05) is 6.08 Å². The van der Waals surface area contributed by atoms with Crippen molar-refractivity contribution in [3.8, 4) is 0 Å². The standard InChI is InChI=1S/C10H16O2/c1-4-12-9(11)6-5-8-7-10(8,2)3/h5-6,8H,4,7H2,1-3H3/b6-5-. The summed E-state index contributed by atoms with van der Waals surface area (Å²) < 4.78 is 4.76. The molecule has 1 atom stereocenters. The van der Waals surface area contributed by atoms with Gasteiger partial charge in [-0.05, 0) is 24.7 Å². The molecule has 0 aromatic heterocycles. The number of hydrogen-bond acceptors (Lipinski definition) is 2. The van der Waals surface area contributed by atoms with Gasteiger partial charge in [0.1, 0.15) is 0 Å². The fourth-order valence-electron chi connectivity index (χ4n) is 1.22. The molecule has 0 heterocycles. The first-order chi connectivity index (χ1) is 5.56. The van der Waals surface area contributed by atoms with Gasteiger partial charge in [-0.2, -0.15) is 0 Å². The quantitative estimate of drug-likeness (QED) is 0.477. The third kappa shape index (κ3) is 2.36. The van der Waals surface area contributed by atoms with Crippen LogP contribution in [0.5, 0.6) is 0 Å². The molecule has 0 radical (unpaired) electrons. The van der Waals surface area contributed by atoms with E-state index in [1.165, 1.54) is 6.42 Å². The largest absolute Gasteiger partial charge is 0.463 e. The lowest BCUT2D eigenvalue weighted by atomic mass is 10.1. The van der Waals surface area contributed by atoms with Crippen LogP contribution in [0.4, 0.5) is 0 Å². The maximum absolute atomic E-state index is 10.9. The van der Waals surface area contributed by atoms with Gasteiger partial charge in [-0.3, -0.25) is 0 Å². The topological polar surface area (TPSA) is 26.3 Å². The Labute approximate surface area is 73.6 Å². The Bertz CT molecular complexity index is 204. The fraction of sp³-hybridized carbons (Fsp3) is 0.700. The Hall–Kier alpha value is -0.790. The molecular formula is C10H16O2. The van der Waals surface area contributed by atoms with Crippen LogP contribution in [0, 0.1) is 11.3 Å². The van der Waals surface area contributed by atoms with E-state index >= 15 is 0 Å². The zero-order chi connectivity index (χ0) is 9.19. The summed E-state index contributed by atoms with van der Waals surface area (Å²) in [5.41, 5.74) is 0.406. The minimum atomic E-state index is -0.222. The van der Waals surface area contributed by atoms with Crippen LogP contribution in [0.1, 0.15) is 27.2 Å². The number of carbonyl (C=O) groups excluding carboxylic acids is 1. The van der Waals surface area contributed by atoms with E-state index in [0.29, 0.717) is 17.9 Å². The van der Waals surface area contributed by atoms with E-state index in [2.05, 4.69) is 13.8 Å². The molecule has 1 saturated carbocycles. The molecule has 68 valence electrons. The number of hydrogen-bond donors (Lipinski definition) is 0. The van der Waals surface area contributed by atoms with Gasteiger partial charge in [0.2, 0.25) is 0 Å². The molecule has 1 aliphatic rings. The number of ether oxygens (including phenoxy) is 1. The van der Waals surface area contributed by atoms with E-state index < -0.39 is 0 Å². The number of allylic oxidation sites excluding steroid dienone is 1. The van der Waals surface area contributed by atoms with Crippen molar-refractivity contribution in [2.45, 2.75) is 27.2 Å². The van der Waals surface area contributed by atoms with Crippen LogP contribution in [0.3, 0.4) is 0 Å². The second kappa shape index (κ2) is 3.30. The van der Waals surface area contributed by atoms with Crippen LogP contribution in [-0.2, 0) is 9.53 Å². The Morgan fingerprint density at radius 1 is 1.67 bits per heavy atom. The molecule has 0 N–H and O–H groups in total. The summed E-state index contributed by atoms with van der Waals surface area (Å²) in [6, 6.07) is 0. The second-order valence-electron chi connectivity index (χ2n) is 3.91. The van der Waals surface area contributed by atoms with Gasteiger partial charge in [0.15, 0.2) is 0 Å². The highest BCUT2D eigenvalue weighted by Gasteiger charge is 2.43. The molecule has 0 aromatic rings. The fourth-order valence-corrected chi connectivity index (χ4v) is 1.22. The Balaban J connectivity index is 2.28. The van der Waals surface area contributed by atoms with Crippen molar-refractivity contribution in [2.75, 3.05) is 6.61 Å². The van der Waals surface area contributed by atoms with Crippen molar-refractivity contribution in [1.29, 1.82) is 0 Å². The highest BCUT2D eigenvalue weighted by Crippen LogP contribution is 2.52. The van der Waals surface area contributed by atoms with Crippen molar-refractivity contribution in [1.82, 2.24) is 0 Å². The van der Waals surface area contributed by atoms with Gasteiger partial charge < -0.3 is 4.74 Å². The number of esters is 1. The third-order valence-electron chi connectivity index (χ3n) is 2.34. The molecule has 0 bridgehead atoms. The van der Waals surface area contributed by atoms with Crippen LogP contribution in [0.2, 0.25) is 0 Å². The monoisotopic (exact) mass is 168 g/mol. The van der Waals surface area contributed by atoms with Gasteiger partial charge in [-0.15, -0.1) is 0 Å². The Morgan fingerprint density at radius 3 is 2.67 bits per heavy atom. The summed E-state index contributed by atoms with van der Waals surface area (Å²) in [6.07, 6.45) is 4.68. The Morgan fingerprint density at radius 2 is 2.25 bits per heavy atom. The first-order valence-corrected chi connectivity index (χ1v) is 4.41. The van der Waals surface area contributed by atoms with Crippen LogP contribution >= 0.6 is 0 Å². The number of rotatable bonds is 3. The first kappa shape index (κ1) is 9.30. The van der Waals surface area contributed by atoms with E-state index in [9.17, 15) is 4.79 Å². The third-order valence-corrected chi connectivity index (χ3v) is 2.34. The molecule has 1 fully saturated rings. The second-order valence-corrected chi connectivity index (χ2v) is 3.91. The molecule has 2 nitrogen and oxygen atoms in total. The van der Waals surface area contributed by atoms with Gasteiger partial charge in [-0.25, -0.2) is 4.79 Å². The molecule has 1 unspecified atom stereocenters. The molecule has 0 aliphatic heterocycles. The summed E-state index contributed by atoms with van der Waals surface area (Å²) >= 11 is 0. The summed E-state index contributed by atoms with van der Waals surface area (Å²) in [6.45, 7) is 6.67. The van der Waals surface area contributed by atoms with Crippen LogP contribution in [0.15, 0.2) is 12.2 Å². The van der Waals surface area contributed by atoms with Crippen molar-refractivity contribution in [2.24, 2.45) is 11.3 Å². The van der Waals surface area contributed by atoms with Crippen LogP contribution < -0.4 is 0 Å². The van der Waals surface area contributed by atoms with Crippen molar-refractivity contribution >= 4 is 5.97 Å². The van der Waals surface area contributed by atoms with Crippen molar-refractivity contribution in [3.05, 3.63) is 12.2 Å². The van der Waals surface area contributed by atoms with Crippen molar-refractivity contribution < 1.29 is 9.53 Å². The molecule has 2 heteroatoms. The normalized spacial score (nSPS) is 25.8. The van der Waals surface area contributed by atoms with E-state index in [4.69, 9.17) is 4.74 Å². The van der Waals surface area contributed by atoms with E-state index in [-0.39, 0.29) is 5.97 Å². The minimum absolute atomic E-state index is 0.222. The minimum Gasteiger partial charge on any atom is -0.463 e. The molecule has 0 spiro atoms. The molecule has 12 heavy (non-hydrogen) atoms. The van der Waals surface area contributed by atoms with Crippen LogP contribution in [-0.4, -0.2) is 12.6 Å². The highest BCUT2D eigenvalue weighted by atomic mass is 16.5. The van der Waals surface area contributed by atoms with Crippen molar-refractivity contribution in [3.63, 3.8) is 0 Å². The average molecular weight is 168 g/mol. The average Bonchev–Trinajstić information content (AvgIpc) is 2.56. The Kier molecular flexibility index (Phi) is 2.55. The lowest BCUT2D eigenvalue weighted by Crippen LogP contribution is -1.99. The summed E-state index contributed by atoms with van der Waals surface area (Å²) in [5.74, 6) is 0.349. The van der Waals surface area contributed by atoms with E-state index in [1.807, 2.05) is 13.0 Å². The highest BCUT2D eigenvalue weighted by molar-refractivity contribution is 5.81. The van der Waals surface area contributed by atoms with Crippen LogP contribution in [0.25, 0.3) is 0 Å². The summed E-state index contributed by atoms with van der Waals surface area (Å²) in [5, 5.41) is 0. The zero-order valence-electron chi connectivity index (χ0n) is 7.96. The maximum atomic E-state index is 10.9. The van der Waals surface area contributed by atoms with Gasteiger partial charge in [-0.1, -0.05) is 19.9 Å². The lowest BCUT2D eigenvalue weighted by molar-refractivity contribution is -0.137. The smallest absolute Gasteiger partial charge is 0.330 e. The number of carbonyl (C=O) groups is 1. The molecule has 0 aromatic carbocycles. The van der Waals surface area contributed by atoms with E-state index in [1.54, 1.807) is 6.08 Å². The lowest BCUT2D eigenvalue weighted by Gasteiger charge is -1.96. The van der Waals surface area contributed by atoms with Gasteiger partial charge in [0.25, 0.3) is 0 Å². The van der Waals surface area contributed by atoms with E-state index in [0.717, 1.165) is 0 Å².